The second-order valence-electron chi connectivity index (χ2n) is 17.4. The van der Waals surface area contributed by atoms with E-state index in [1.54, 1.807) is 0 Å². The van der Waals surface area contributed by atoms with Gasteiger partial charge in [0, 0.05) is 25.7 Å². The van der Waals surface area contributed by atoms with Crippen LogP contribution in [0.15, 0.2) is 16.6 Å². The zero-order chi connectivity index (χ0) is 42.7. The lowest BCUT2D eigenvalue weighted by atomic mass is 10.0. The Morgan fingerprint density at radius 2 is 1.33 bits per heavy atom. The van der Waals surface area contributed by atoms with Gasteiger partial charge in [0.15, 0.2) is 6.10 Å². The van der Waals surface area contributed by atoms with Gasteiger partial charge in [0.25, 0.3) is 7.82 Å². The third-order valence-corrected chi connectivity index (χ3v) is 11.8. The second kappa shape index (κ2) is 30.1. The van der Waals surface area contributed by atoms with Crippen molar-refractivity contribution >= 4 is 19.8 Å². The van der Waals surface area contributed by atoms with E-state index in [0.717, 1.165) is 108 Å². The van der Waals surface area contributed by atoms with Crippen LogP contribution in [0.25, 0.3) is 0 Å². The van der Waals surface area contributed by atoms with Crippen molar-refractivity contribution in [3.8, 4) is 0 Å². The lowest BCUT2D eigenvalue weighted by molar-refractivity contribution is -0.870. The van der Waals surface area contributed by atoms with Gasteiger partial charge in [0.05, 0.1) is 40.0 Å². The Hall–Kier alpha value is -2.01. The molecule has 0 amide bonds. The van der Waals surface area contributed by atoms with Crippen LogP contribution < -0.4 is 4.89 Å². The number of hydrogen-bond donors (Lipinski definition) is 0. The number of rotatable bonds is 37. The van der Waals surface area contributed by atoms with Crippen LogP contribution in [0.4, 0.5) is 0 Å². The predicted molar refractivity (Wildman–Crippen MR) is 230 cm³/mol. The van der Waals surface area contributed by atoms with Crippen molar-refractivity contribution in [2.24, 2.45) is 0 Å². The molecule has 1 saturated heterocycles. The van der Waals surface area contributed by atoms with Gasteiger partial charge in [-0.1, -0.05) is 103 Å². The molecule has 4 atom stereocenters. The monoisotopic (exact) mass is 840 g/mol. The Bertz CT molecular complexity index is 1340. The third-order valence-electron chi connectivity index (χ3n) is 10.9. The first kappa shape index (κ1) is 52.1. The van der Waals surface area contributed by atoms with Crippen LogP contribution >= 0.6 is 7.82 Å². The summed E-state index contributed by atoms with van der Waals surface area (Å²) in [5.41, 5.74) is 2.62. The van der Waals surface area contributed by atoms with Crippen LogP contribution in [-0.4, -0.2) is 82.2 Å². The number of carbonyl (C=O) groups excluding carboxylic acids is 2. The molecule has 0 aliphatic carbocycles. The number of allylic oxidation sites excluding steroid dienone is 1. The van der Waals surface area contributed by atoms with Crippen LogP contribution in [0.3, 0.4) is 0 Å². The molecule has 0 aromatic carbocycles. The fourth-order valence-corrected chi connectivity index (χ4v) is 7.67. The molecule has 2 rings (SSSR count). The van der Waals surface area contributed by atoms with Crippen molar-refractivity contribution in [1.29, 1.82) is 0 Å². The summed E-state index contributed by atoms with van der Waals surface area (Å²) in [6, 6.07) is 0. The number of likely N-dealkylation sites (N-methyl/N-ethyl adjacent to an activating group) is 1. The number of phosphoric ester groups is 1. The number of carbonyl (C=O) groups is 2. The highest BCUT2D eigenvalue weighted by Gasteiger charge is 2.36. The average molecular weight is 840 g/mol. The quantitative estimate of drug-likeness (QED) is 0.0159. The molecule has 12 heteroatoms. The van der Waals surface area contributed by atoms with Crippen molar-refractivity contribution < 1.29 is 51.2 Å². The summed E-state index contributed by atoms with van der Waals surface area (Å²) >= 11 is 0. The number of unbranched alkanes of at least 4 members (excludes halogenated alkanes) is 14. The van der Waals surface area contributed by atoms with Gasteiger partial charge in [-0.05, 0) is 76.3 Å². The number of aryl methyl sites for hydroxylation is 2. The molecule has 3 unspecified atom stereocenters. The third kappa shape index (κ3) is 25.6. The molecule has 1 aliphatic heterocycles. The standard InChI is InChI=1S/C46H82NO10P/c1-8-10-11-12-18-24-30-43-44(57-43)31-25-20-17-22-26-32-45(48)52-36-40(37-54-58(50,51)53-35-34-47(5,6)7)55-46(49)33-27-21-16-14-13-15-19-23-29-42-39(4)38(3)41(56-42)28-9-2/h18,24,40,43-44H,8-17,19-23,25-37H2,1-7H3/b24-18-/t40-,43?,44?/m1/s1. The first-order chi connectivity index (χ1) is 27.7. The maximum Gasteiger partial charge on any atom is 0.306 e. The molecular formula is C46H82NO10P. The summed E-state index contributed by atoms with van der Waals surface area (Å²) in [7, 11) is 1.13. The molecule has 2 heterocycles. The minimum Gasteiger partial charge on any atom is -0.756 e. The summed E-state index contributed by atoms with van der Waals surface area (Å²) in [5.74, 6) is 1.41. The summed E-state index contributed by atoms with van der Waals surface area (Å²) in [4.78, 5) is 37.7. The normalized spacial score (nSPS) is 17.1. The number of ether oxygens (including phenoxy) is 3. The Balaban J connectivity index is 1.62. The number of furan rings is 1. The molecule has 11 nitrogen and oxygen atoms in total. The van der Waals surface area contributed by atoms with Crippen LogP contribution in [0, 0.1) is 13.8 Å². The van der Waals surface area contributed by atoms with Crippen LogP contribution in [0.5, 0.6) is 0 Å². The van der Waals surface area contributed by atoms with Gasteiger partial charge in [-0.25, -0.2) is 0 Å². The maximum atomic E-state index is 12.7. The van der Waals surface area contributed by atoms with E-state index in [4.69, 9.17) is 27.7 Å². The number of esters is 2. The largest absolute Gasteiger partial charge is 0.756 e. The predicted octanol–water partition coefficient (Wildman–Crippen LogP) is 10.6. The van der Waals surface area contributed by atoms with Gasteiger partial charge in [0.1, 0.15) is 31.3 Å². The van der Waals surface area contributed by atoms with Crippen molar-refractivity contribution in [3.63, 3.8) is 0 Å². The van der Waals surface area contributed by atoms with Gasteiger partial charge in [-0.15, -0.1) is 0 Å². The Kier molecular flexibility index (Phi) is 27.0. The number of epoxide rings is 1. The molecule has 1 fully saturated rings. The molecule has 0 saturated carbocycles. The number of hydrogen-bond acceptors (Lipinski definition) is 10. The topological polar surface area (TPSA) is 137 Å². The number of nitrogens with zero attached hydrogens (tertiary/aromatic N) is 1. The lowest BCUT2D eigenvalue weighted by Crippen LogP contribution is -2.37. The molecule has 0 spiro atoms. The van der Waals surface area contributed by atoms with Gasteiger partial charge in [-0.3, -0.25) is 14.2 Å². The maximum absolute atomic E-state index is 12.7. The van der Waals surface area contributed by atoms with E-state index in [1.165, 1.54) is 43.2 Å². The minimum atomic E-state index is -4.64. The van der Waals surface area contributed by atoms with Gasteiger partial charge in [-0.2, -0.15) is 0 Å². The molecule has 58 heavy (non-hydrogen) atoms. The van der Waals surface area contributed by atoms with Crippen LogP contribution in [0.1, 0.15) is 178 Å². The van der Waals surface area contributed by atoms with E-state index in [-0.39, 0.29) is 26.1 Å². The Labute approximate surface area is 352 Å². The zero-order valence-electron chi connectivity index (χ0n) is 37.7. The highest BCUT2D eigenvalue weighted by atomic mass is 31.2. The number of quaternary nitrogens is 1. The molecule has 0 N–H and O–H groups in total. The highest BCUT2D eigenvalue weighted by Crippen LogP contribution is 2.38. The SMILES string of the molecule is CCCCC/C=C\CC1OC1CCCCCCCC(=O)OC[C@H](COP(=O)([O-])OCC[N+](C)(C)C)OC(=O)CCCCCCCCCCc1oc(CCC)c(C)c1C. The summed E-state index contributed by atoms with van der Waals surface area (Å²) < 4.78 is 45.9. The van der Waals surface area contributed by atoms with Crippen molar-refractivity contribution in [2.75, 3.05) is 47.5 Å². The summed E-state index contributed by atoms with van der Waals surface area (Å²) in [6.07, 6.45) is 28.1. The summed E-state index contributed by atoms with van der Waals surface area (Å²) in [6.45, 7) is 8.39. The van der Waals surface area contributed by atoms with Crippen molar-refractivity contribution in [2.45, 2.75) is 200 Å². The van der Waals surface area contributed by atoms with Crippen LogP contribution in [-0.2, 0) is 50.3 Å². The molecular weight excluding hydrogens is 757 g/mol. The van der Waals surface area contributed by atoms with Crippen molar-refractivity contribution in [3.05, 3.63) is 34.8 Å². The summed E-state index contributed by atoms with van der Waals surface area (Å²) in [5, 5.41) is 0. The molecule has 1 aliphatic rings. The zero-order valence-corrected chi connectivity index (χ0v) is 38.6. The van der Waals surface area contributed by atoms with E-state index in [9.17, 15) is 19.0 Å². The molecule has 0 bridgehead atoms. The lowest BCUT2D eigenvalue weighted by Gasteiger charge is -2.28. The Morgan fingerprint density at radius 3 is 1.97 bits per heavy atom. The minimum absolute atomic E-state index is 0.0420. The van der Waals surface area contributed by atoms with Gasteiger partial charge >= 0.3 is 11.9 Å². The molecule has 1 aromatic heterocycles. The number of phosphoric acid groups is 1. The van der Waals surface area contributed by atoms with E-state index >= 15 is 0 Å². The highest BCUT2D eigenvalue weighted by molar-refractivity contribution is 7.45. The fraction of sp³-hybridized carbons (Fsp3) is 0.826. The van der Waals surface area contributed by atoms with E-state index in [2.05, 4.69) is 39.8 Å². The Morgan fingerprint density at radius 1 is 0.724 bits per heavy atom. The molecule has 336 valence electrons. The second-order valence-corrected chi connectivity index (χ2v) is 18.8. The average Bonchev–Trinajstić information content (AvgIpc) is 3.87. The van der Waals surface area contributed by atoms with E-state index in [1.807, 2.05) is 21.1 Å². The fourth-order valence-electron chi connectivity index (χ4n) is 6.94. The van der Waals surface area contributed by atoms with Crippen molar-refractivity contribution in [1.82, 2.24) is 0 Å². The molecule has 0 radical (unpaired) electrons. The smallest absolute Gasteiger partial charge is 0.306 e. The molecule has 1 aromatic rings. The van der Waals surface area contributed by atoms with E-state index < -0.39 is 32.5 Å². The first-order valence-corrected chi connectivity index (χ1v) is 24.3. The van der Waals surface area contributed by atoms with Gasteiger partial charge < -0.3 is 37.1 Å². The van der Waals surface area contributed by atoms with E-state index in [0.29, 0.717) is 36.1 Å². The van der Waals surface area contributed by atoms with Gasteiger partial charge in [0.2, 0.25) is 0 Å². The first-order valence-electron chi connectivity index (χ1n) is 22.9. The van der Waals surface area contributed by atoms with Crippen LogP contribution in [0.2, 0.25) is 0 Å².